The van der Waals surface area contributed by atoms with Crippen LogP contribution in [0.5, 0.6) is 5.75 Å². The van der Waals surface area contributed by atoms with Crippen LogP contribution in [-0.2, 0) is 5.33 Å². The van der Waals surface area contributed by atoms with Gasteiger partial charge in [-0.25, -0.2) is 8.78 Å². The van der Waals surface area contributed by atoms with Crippen molar-refractivity contribution in [3.63, 3.8) is 0 Å². The van der Waals surface area contributed by atoms with Crippen LogP contribution >= 0.6 is 15.9 Å². The SMILES string of the molecule is Cc1ccc(OCC(F)F)c(CBr)c1. The van der Waals surface area contributed by atoms with E-state index in [1.807, 2.05) is 19.1 Å². The lowest BCUT2D eigenvalue weighted by Crippen LogP contribution is -2.08. The number of hydrogen-bond donors (Lipinski definition) is 0. The molecular formula is C10H11BrF2O. The first kappa shape index (κ1) is 11.4. The summed E-state index contributed by atoms with van der Waals surface area (Å²) in [6, 6.07) is 5.47. The van der Waals surface area contributed by atoms with Crippen molar-refractivity contribution in [1.29, 1.82) is 0 Å². The molecule has 0 radical (unpaired) electrons. The predicted octanol–water partition coefficient (Wildman–Crippen LogP) is 3.53. The Morgan fingerprint density at radius 3 is 2.71 bits per heavy atom. The van der Waals surface area contributed by atoms with Gasteiger partial charge in [-0.3, -0.25) is 0 Å². The van der Waals surface area contributed by atoms with Crippen molar-refractivity contribution in [3.8, 4) is 5.75 Å². The first-order chi connectivity index (χ1) is 6.63. The number of halogens is 3. The molecule has 1 aromatic carbocycles. The van der Waals surface area contributed by atoms with E-state index in [0.717, 1.165) is 11.1 Å². The molecule has 0 saturated heterocycles. The lowest BCUT2D eigenvalue weighted by molar-refractivity contribution is 0.0815. The van der Waals surface area contributed by atoms with Crippen molar-refractivity contribution < 1.29 is 13.5 Å². The van der Waals surface area contributed by atoms with Gasteiger partial charge in [0.2, 0.25) is 0 Å². The minimum Gasteiger partial charge on any atom is -0.487 e. The van der Waals surface area contributed by atoms with Crippen molar-refractivity contribution in [2.24, 2.45) is 0 Å². The van der Waals surface area contributed by atoms with Gasteiger partial charge in [-0.15, -0.1) is 0 Å². The first-order valence-corrected chi connectivity index (χ1v) is 5.32. The van der Waals surface area contributed by atoms with Crippen LogP contribution in [0.1, 0.15) is 11.1 Å². The summed E-state index contributed by atoms with van der Waals surface area (Å²) in [6.07, 6.45) is -2.43. The maximum absolute atomic E-state index is 11.9. The zero-order valence-electron chi connectivity index (χ0n) is 7.77. The Morgan fingerprint density at radius 2 is 2.14 bits per heavy atom. The summed E-state index contributed by atoms with van der Waals surface area (Å²) in [5.74, 6) is 0.521. The minimum atomic E-state index is -2.43. The van der Waals surface area contributed by atoms with E-state index in [9.17, 15) is 8.78 Å². The molecule has 14 heavy (non-hydrogen) atoms. The van der Waals surface area contributed by atoms with Gasteiger partial charge in [0.15, 0.2) is 0 Å². The number of aryl methyl sites for hydroxylation is 1. The Balaban J connectivity index is 2.75. The number of ether oxygens (including phenoxy) is 1. The van der Waals surface area contributed by atoms with Gasteiger partial charge in [-0.1, -0.05) is 33.6 Å². The van der Waals surface area contributed by atoms with Gasteiger partial charge in [0.1, 0.15) is 12.4 Å². The molecule has 0 saturated carbocycles. The highest BCUT2D eigenvalue weighted by Gasteiger charge is 2.07. The van der Waals surface area contributed by atoms with Crippen molar-refractivity contribution in [3.05, 3.63) is 29.3 Å². The average molecular weight is 265 g/mol. The van der Waals surface area contributed by atoms with Gasteiger partial charge in [-0.2, -0.15) is 0 Å². The highest BCUT2D eigenvalue weighted by atomic mass is 79.9. The Morgan fingerprint density at radius 1 is 1.43 bits per heavy atom. The largest absolute Gasteiger partial charge is 0.487 e. The third kappa shape index (κ3) is 3.25. The van der Waals surface area contributed by atoms with Crippen LogP contribution in [-0.4, -0.2) is 13.0 Å². The monoisotopic (exact) mass is 264 g/mol. The molecule has 0 aliphatic heterocycles. The lowest BCUT2D eigenvalue weighted by atomic mass is 10.1. The van der Waals surface area contributed by atoms with Crippen LogP contribution in [0.4, 0.5) is 8.78 Å². The first-order valence-electron chi connectivity index (χ1n) is 4.20. The summed E-state index contributed by atoms with van der Waals surface area (Å²) in [5, 5.41) is 0.604. The fourth-order valence-electron chi connectivity index (χ4n) is 1.11. The fourth-order valence-corrected chi connectivity index (χ4v) is 1.54. The van der Waals surface area contributed by atoms with E-state index in [-0.39, 0.29) is 0 Å². The standard InChI is InChI=1S/C10H11BrF2O/c1-7-2-3-9(8(4-7)5-11)14-6-10(12)13/h2-4,10H,5-6H2,1H3. The summed E-state index contributed by atoms with van der Waals surface area (Å²) >= 11 is 3.28. The number of rotatable bonds is 4. The molecular weight excluding hydrogens is 254 g/mol. The topological polar surface area (TPSA) is 9.23 Å². The summed E-state index contributed by atoms with van der Waals surface area (Å²) < 4.78 is 28.8. The van der Waals surface area contributed by atoms with E-state index < -0.39 is 13.0 Å². The third-order valence-electron chi connectivity index (χ3n) is 1.72. The van der Waals surface area contributed by atoms with E-state index in [0.29, 0.717) is 11.1 Å². The summed E-state index contributed by atoms with van der Waals surface area (Å²) in [4.78, 5) is 0. The van der Waals surface area contributed by atoms with Gasteiger partial charge in [0.05, 0.1) is 0 Å². The molecule has 0 aliphatic carbocycles. The number of benzene rings is 1. The van der Waals surface area contributed by atoms with Crippen LogP contribution < -0.4 is 4.74 Å². The predicted molar refractivity (Wildman–Crippen MR) is 55.3 cm³/mol. The van der Waals surface area contributed by atoms with E-state index in [1.165, 1.54) is 0 Å². The van der Waals surface area contributed by atoms with Crippen molar-refractivity contribution in [1.82, 2.24) is 0 Å². The van der Waals surface area contributed by atoms with E-state index in [4.69, 9.17) is 4.74 Å². The summed E-state index contributed by atoms with van der Waals surface area (Å²) in [5.41, 5.74) is 1.98. The van der Waals surface area contributed by atoms with Crippen LogP contribution in [0, 0.1) is 6.92 Å². The zero-order valence-corrected chi connectivity index (χ0v) is 9.35. The van der Waals surface area contributed by atoms with Crippen molar-refractivity contribution in [2.45, 2.75) is 18.7 Å². The van der Waals surface area contributed by atoms with Gasteiger partial charge >= 0.3 is 0 Å². The second kappa shape index (κ2) is 5.29. The average Bonchev–Trinajstić information content (AvgIpc) is 2.15. The molecule has 4 heteroatoms. The maximum Gasteiger partial charge on any atom is 0.272 e. The summed E-state index contributed by atoms with van der Waals surface area (Å²) in [7, 11) is 0. The second-order valence-corrected chi connectivity index (χ2v) is 3.51. The minimum absolute atomic E-state index is 0.521. The summed E-state index contributed by atoms with van der Waals surface area (Å²) in [6.45, 7) is 1.39. The molecule has 0 heterocycles. The highest BCUT2D eigenvalue weighted by Crippen LogP contribution is 2.22. The van der Waals surface area contributed by atoms with Crippen LogP contribution in [0.3, 0.4) is 0 Å². The van der Waals surface area contributed by atoms with Crippen LogP contribution in [0.25, 0.3) is 0 Å². The van der Waals surface area contributed by atoms with Gasteiger partial charge < -0.3 is 4.74 Å². The Labute approximate surface area is 90.2 Å². The highest BCUT2D eigenvalue weighted by molar-refractivity contribution is 9.08. The molecule has 0 N–H and O–H groups in total. The van der Waals surface area contributed by atoms with Gasteiger partial charge in [0.25, 0.3) is 6.43 Å². The van der Waals surface area contributed by atoms with Crippen LogP contribution in [0.2, 0.25) is 0 Å². The molecule has 0 amide bonds. The maximum atomic E-state index is 11.9. The normalized spacial score (nSPS) is 10.6. The number of hydrogen-bond acceptors (Lipinski definition) is 1. The molecule has 0 aromatic heterocycles. The molecule has 0 unspecified atom stereocenters. The molecule has 1 aromatic rings. The van der Waals surface area contributed by atoms with Gasteiger partial charge in [-0.05, 0) is 13.0 Å². The third-order valence-corrected chi connectivity index (χ3v) is 2.33. The zero-order chi connectivity index (χ0) is 10.6. The second-order valence-electron chi connectivity index (χ2n) is 2.95. The molecule has 1 rings (SSSR count). The molecule has 0 bridgehead atoms. The van der Waals surface area contributed by atoms with Gasteiger partial charge in [0, 0.05) is 10.9 Å². The quantitative estimate of drug-likeness (QED) is 0.756. The van der Waals surface area contributed by atoms with E-state index in [2.05, 4.69) is 15.9 Å². The molecule has 1 nitrogen and oxygen atoms in total. The molecule has 0 aliphatic rings. The van der Waals surface area contributed by atoms with Crippen LogP contribution in [0.15, 0.2) is 18.2 Å². The Kier molecular flexibility index (Phi) is 4.32. The Hall–Kier alpha value is -0.640. The smallest absolute Gasteiger partial charge is 0.272 e. The van der Waals surface area contributed by atoms with E-state index >= 15 is 0 Å². The molecule has 0 fully saturated rings. The Bertz CT molecular complexity index is 302. The lowest BCUT2D eigenvalue weighted by Gasteiger charge is -2.09. The fraction of sp³-hybridized carbons (Fsp3) is 0.400. The molecule has 0 atom stereocenters. The van der Waals surface area contributed by atoms with Crippen molar-refractivity contribution in [2.75, 3.05) is 6.61 Å². The van der Waals surface area contributed by atoms with E-state index in [1.54, 1.807) is 6.07 Å². The molecule has 0 spiro atoms. The molecule has 78 valence electrons. The number of alkyl halides is 3. The van der Waals surface area contributed by atoms with Crippen molar-refractivity contribution >= 4 is 15.9 Å².